The summed E-state index contributed by atoms with van der Waals surface area (Å²) < 4.78 is 42.4. The number of likely N-dealkylation sites (N-methyl/N-ethyl adjacent to an activating group) is 1. The number of likely N-dealkylation sites (tertiary alicyclic amines) is 1. The third-order valence-corrected chi connectivity index (χ3v) is 7.93. The van der Waals surface area contributed by atoms with E-state index in [4.69, 9.17) is 4.74 Å². The molecule has 0 spiro atoms. The molecule has 2 aliphatic carbocycles. The first kappa shape index (κ1) is 37.8. The van der Waals surface area contributed by atoms with Crippen molar-refractivity contribution in [3.8, 4) is 0 Å². The van der Waals surface area contributed by atoms with Crippen molar-refractivity contribution < 1.29 is 68.2 Å². The van der Waals surface area contributed by atoms with E-state index in [1.54, 1.807) is 0 Å². The van der Waals surface area contributed by atoms with Crippen molar-refractivity contribution in [2.45, 2.75) is 96.6 Å². The number of hydrogen-bond donors (Lipinski definition) is 2. The first-order valence-electron chi connectivity index (χ1n) is 15.2. The molecule has 3 heterocycles. The smallest absolute Gasteiger partial charge is 0.580 e. The van der Waals surface area contributed by atoms with Gasteiger partial charge in [-0.05, 0) is 84.1 Å². The minimum absolute atomic E-state index is 0. The molecular weight excluding hydrogens is 833 g/mol. The molecule has 1 saturated heterocycles. The number of carbonyl (C=O) groups is 4. The van der Waals surface area contributed by atoms with Gasteiger partial charge in [-0.2, -0.15) is 13.2 Å². The van der Waals surface area contributed by atoms with E-state index in [-0.39, 0.29) is 59.8 Å². The number of amides is 4. The maximum Gasteiger partial charge on any atom is 2.00 e. The first-order valence-corrected chi connectivity index (χ1v) is 15.2. The van der Waals surface area contributed by atoms with Gasteiger partial charge in [-0.1, -0.05) is 0 Å². The SMILES string of the molecule is CC(C)(C)OC(=O)N1C(=O)[CH-]C[C@H]1C(F)(F)F.CC(C)N1C(C(=O)N[C@H](C(=O)Nc2cn[n-]c2)C(C2CC2)C2CC2)=CCN1C.[U+2]. The molecule has 2 N–H and O–H groups in total. The van der Waals surface area contributed by atoms with Crippen LogP contribution in [0, 0.1) is 55.3 Å². The second-order valence-corrected chi connectivity index (χ2v) is 13.2. The summed E-state index contributed by atoms with van der Waals surface area (Å²) in [4.78, 5) is 49.1. The Morgan fingerprint density at radius 2 is 1.72 bits per heavy atom. The molecule has 2 atom stereocenters. The summed E-state index contributed by atoms with van der Waals surface area (Å²) in [5.41, 5.74) is 0.242. The van der Waals surface area contributed by atoms with Crippen molar-refractivity contribution in [1.29, 1.82) is 0 Å². The van der Waals surface area contributed by atoms with Crippen molar-refractivity contribution in [3.05, 3.63) is 30.6 Å². The molecule has 2 aliphatic heterocycles. The van der Waals surface area contributed by atoms with Crippen molar-refractivity contribution in [3.63, 3.8) is 0 Å². The van der Waals surface area contributed by atoms with Crippen LogP contribution >= 0.6 is 0 Å². The zero-order valence-electron chi connectivity index (χ0n) is 26.9. The van der Waals surface area contributed by atoms with Crippen LogP contribution < -0.4 is 15.7 Å². The first-order chi connectivity index (χ1) is 21.0. The number of aromatic nitrogens is 2. The van der Waals surface area contributed by atoms with Gasteiger partial charge in [-0.25, -0.2) is 9.80 Å². The average molecular weight is 876 g/mol. The van der Waals surface area contributed by atoms with E-state index in [2.05, 4.69) is 34.7 Å². The molecule has 1 aromatic heterocycles. The summed E-state index contributed by atoms with van der Waals surface area (Å²) in [7, 11) is 1.97. The van der Waals surface area contributed by atoms with Crippen LogP contribution in [0.5, 0.6) is 0 Å². The number of hydrazine groups is 1. The van der Waals surface area contributed by atoms with Crippen LogP contribution in [0.1, 0.15) is 66.7 Å². The number of carbonyl (C=O) groups excluding carboxylic acids is 4. The Morgan fingerprint density at radius 3 is 2.20 bits per heavy atom. The Balaban J connectivity index is 0.000000277. The van der Waals surface area contributed by atoms with E-state index in [0.29, 0.717) is 29.8 Å². The van der Waals surface area contributed by atoms with E-state index in [1.165, 1.54) is 33.2 Å². The van der Waals surface area contributed by atoms with Crippen LogP contribution in [0.4, 0.5) is 23.7 Å². The summed E-state index contributed by atoms with van der Waals surface area (Å²) in [6.45, 7) is 9.34. The minimum atomic E-state index is -4.64. The van der Waals surface area contributed by atoms with Crippen molar-refractivity contribution in [2.24, 2.45) is 17.8 Å². The second kappa shape index (κ2) is 15.0. The zero-order valence-corrected chi connectivity index (χ0v) is 31.1. The van der Waals surface area contributed by atoms with E-state index in [9.17, 15) is 32.3 Å². The average Bonchev–Trinajstić information content (AvgIpc) is 3.80. The van der Waals surface area contributed by atoms with Gasteiger partial charge in [0.25, 0.3) is 5.91 Å². The van der Waals surface area contributed by atoms with Gasteiger partial charge in [0.15, 0.2) is 0 Å². The van der Waals surface area contributed by atoms with Gasteiger partial charge in [0, 0.05) is 31.5 Å². The van der Waals surface area contributed by atoms with Gasteiger partial charge >= 0.3 is 43.4 Å². The van der Waals surface area contributed by atoms with E-state index < -0.39 is 42.3 Å². The van der Waals surface area contributed by atoms with Crippen LogP contribution in [-0.4, -0.2) is 87.3 Å². The summed E-state index contributed by atoms with van der Waals surface area (Å²) in [5, 5.41) is 17.5. The summed E-state index contributed by atoms with van der Waals surface area (Å²) in [5.74, 6) is -0.0614. The third kappa shape index (κ3) is 9.67. The fourth-order valence-corrected chi connectivity index (χ4v) is 5.78. The van der Waals surface area contributed by atoms with Gasteiger partial charge < -0.3 is 36.8 Å². The predicted octanol–water partition coefficient (Wildman–Crippen LogP) is 3.64. The van der Waals surface area contributed by atoms with Crippen LogP contribution in [0.25, 0.3) is 0 Å². The molecule has 0 aromatic carbocycles. The van der Waals surface area contributed by atoms with Crippen LogP contribution in [0.15, 0.2) is 24.2 Å². The van der Waals surface area contributed by atoms with Gasteiger partial charge in [0.1, 0.15) is 23.4 Å². The Morgan fingerprint density at radius 1 is 1.11 bits per heavy atom. The number of anilines is 1. The van der Waals surface area contributed by atoms with Crippen LogP contribution in [-0.2, 0) is 19.1 Å². The molecular formula is C30H42F3N7O5U. The predicted molar refractivity (Wildman–Crippen MR) is 157 cm³/mol. The molecule has 46 heavy (non-hydrogen) atoms. The summed E-state index contributed by atoms with van der Waals surface area (Å²) >= 11 is 0. The van der Waals surface area contributed by atoms with Crippen molar-refractivity contribution >= 4 is 29.5 Å². The largest absolute Gasteiger partial charge is 2.00 e. The maximum atomic E-state index is 13.2. The van der Waals surface area contributed by atoms with Crippen molar-refractivity contribution in [2.75, 3.05) is 18.9 Å². The normalized spacial score (nSPS) is 20.8. The molecule has 12 nitrogen and oxygen atoms in total. The summed E-state index contributed by atoms with van der Waals surface area (Å²) in [6, 6.07) is -2.49. The van der Waals surface area contributed by atoms with E-state index >= 15 is 0 Å². The molecule has 252 valence electrons. The number of halogens is 3. The zero-order chi connectivity index (χ0) is 33.3. The number of imide groups is 1. The number of alkyl halides is 3. The topological polar surface area (TPSA) is 138 Å². The van der Waals surface area contributed by atoms with Crippen molar-refractivity contribution in [1.82, 2.24) is 30.4 Å². The molecule has 4 aliphatic rings. The molecule has 0 unspecified atom stereocenters. The Hall–Kier alpha value is -2.70. The number of rotatable bonds is 8. The number of hydrogen-bond acceptors (Lipinski definition) is 8. The minimum Gasteiger partial charge on any atom is -0.580 e. The molecule has 16 heteroatoms. The second-order valence-electron chi connectivity index (χ2n) is 13.2. The molecule has 3 fully saturated rings. The Bertz CT molecular complexity index is 1260. The number of nitrogens with zero attached hydrogens (tertiary/aromatic N) is 5. The van der Waals surface area contributed by atoms with Crippen LogP contribution in [0.3, 0.4) is 0 Å². The molecule has 5 rings (SSSR count). The Kier molecular flexibility index (Phi) is 12.3. The third-order valence-electron chi connectivity index (χ3n) is 7.93. The molecule has 4 amide bonds. The fourth-order valence-electron chi connectivity index (χ4n) is 5.78. The van der Waals surface area contributed by atoms with E-state index in [0.717, 1.165) is 32.1 Å². The van der Waals surface area contributed by atoms with Gasteiger partial charge in [0.05, 0.1) is 5.91 Å². The number of ether oxygens (including phenoxy) is 1. The maximum absolute atomic E-state index is 13.2. The quantitative estimate of drug-likeness (QED) is 0.376. The van der Waals surface area contributed by atoms with Gasteiger partial charge in [0.2, 0.25) is 5.91 Å². The molecule has 0 bridgehead atoms. The van der Waals surface area contributed by atoms with Gasteiger partial charge in [-0.15, -0.1) is 12.6 Å². The monoisotopic (exact) mass is 875 g/mol. The number of nitrogens with one attached hydrogen (secondary N) is 2. The van der Waals surface area contributed by atoms with Gasteiger partial charge in [-0.3, -0.25) is 19.5 Å². The Labute approximate surface area is 290 Å². The molecule has 0 radical (unpaired) electrons. The molecule has 1 aromatic rings. The fraction of sp³-hybridized carbons (Fsp3) is 0.667. The molecule has 2 saturated carbocycles. The van der Waals surface area contributed by atoms with E-state index in [1.807, 2.05) is 23.1 Å². The summed E-state index contributed by atoms with van der Waals surface area (Å²) in [6.07, 6.45) is 3.95. The standard InChI is InChI=1S/C20H30N6O2.C10H13F3NO3.U/c1-12(2)26-16(8-9-25(26)3)19(27)24-18(17(13-4-5-13)14-6-7-14)20(28)23-15-10-21-22-11-15;1-9(2,3)17-8(16)14-6(10(11,12)13)4-5-7(14)15;/h8,10-14,17-18H,4-7,9H2,1-3H3,(H3,21,22,23,24,27,28);5-6H,4H2,1-3H3;/q;-1;+2/p-1/t18-;6-;/m00./s1. The van der Waals surface area contributed by atoms with Crippen LogP contribution in [0.2, 0.25) is 0 Å².